The van der Waals surface area contributed by atoms with E-state index in [4.69, 9.17) is 18.3 Å². The van der Waals surface area contributed by atoms with Crippen molar-refractivity contribution >= 4 is 12.1 Å². The maximum Gasteiger partial charge on any atom is 0.429 e. The van der Waals surface area contributed by atoms with E-state index in [1.807, 2.05) is 100 Å². The van der Waals surface area contributed by atoms with Crippen molar-refractivity contribution in [3.05, 3.63) is 143 Å². The molecule has 1 amide bonds. The van der Waals surface area contributed by atoms with Crippen molar-refractivity contribution in [2.24, 2.45) is 0 Å². The number of carbonyl (C=O) groups is 2. The molecule has 0 spiro atoms. The number of rotatable bonds is 10. The Morgan fingerprint density at radius 2 is 1.36 bits per heavy atom. The van der Waals surface area contributed by atoms with Gasteiger partial charge in [-0.05, 0) is 67.9 Å². The number of carboxylic acids is 1. The van der Waals surface area contributed by atoms with Crippen molar-refractivity contribution in [3.8, 4) is 34.4 Å². The zero-order chi connectivity index (χ0) is 35.6. The number of nitrogens with zero attached hydrogens (tertiary/aromatic N) is 3. The molecule has 0 aliphatic heterocycles. The van der Waals surface area contributed by atoms with E-state index in [1.54, 1.807) is 36.4 Å². The van der Waals surface area contributed by atoms with Gasteiger partial charge in [0.25, 0.3) is 5.69 Å². The summed E-state index contributed by atoms with van der Waals surface area (Å²) >= 11 is 0. The van der Waals surface area contributed by atoms with Gasteiger partial charge in [0.05, 0.1) is 10.3 Å². The van der Waals surface area contributed by atoms with Gasteiger partial charge in [-0.25, -0.2) is 9.78 Å². The minimum atomic E-state index is -1.13. The van der Waals surface area contributed by atoms with Crippen LogP contribution in [-0.2, 0) is 17.9 Å². The fourth-order valence-corrected chi connectivity index (χ4v) is 4.77. The third kappa shape index (κ3) is 9.16. The molecule has 11 nitrogen and oxygen atoms in total. The lowest BCUT2D eigenvalue weighted by atomic mass is 10.2. The minimum Gasteiger partial charge on any atom is -0.487 e. The highest BCUT2D eigenvalue weighted by Gasteiger charge is 2.25. The molecule has 0 saturated carbocycles. The van der Waals surface area contributed by atoms with Crippen LogP contribution in [0.5, 0.6) is 11.5 Å². The number of hydrogen-bond donors (Lipinski definition) is 2. The highest BCUT2D eigenvalue weighted by molar-refractivity contribution is 5.78. The van der Waals surface area contributed by atoms with Crippen LogP contribution in [0.4, 0.5) is 4.79 Å². The van der Waals surface area contributed by atoms with E-state index in [2.05, 4.69) is 4.98 Å². The maximum absolute atomic E-state index is 12.6. The molecule has 0 atom stereocenters. The molecule has 6 aromatic rings. The third-order valence-electron chi connectivity index (χ3n) is 7.69. The van der Waals surface area contributed by atoms with Crippen LogP contribution in [0.1, 0.15) is 34.0 Å². The van der Waals surface area contributed by atoms with Gasteiger partial charge in [0.15, 0.2) is 5.76 Å². The van der Waals surface area contributed by atoms with Crippen LogP contribution < -0.4 is 14.2 Å². The van der Waals surface area contributed by atoms with Gasteiger partial charge in [-0.2, -0.15) is 0 Å². The Morgan fingerprint density at radius 3 is 1.94 bits per heavy atom. The summed E-state index contributed by atoms with van der Waals surface area (Å²) in [6.45, 7) is 7.21. The lowest BCUT2D eigenvalue weighted by molar-refractivity contribution is -0.901. The van der Waals surface area contributed by atoms with Gasteiger partial charge in [-0.3, -0.25) is 14.9 Å². The van der Waals surface area contributed by atoms with Crippen molar-refractivity contribution in [1.29, 1.82) is 0 Å². The molecule has 0 radical (unpaired) electrons. The van der Waals surface area contributed by atoms with Crippen LogP contribution in [0.2, 0.25) is 0 Å². The Labute approximate surface area is 289 Å². The third-order valence-corrected chi connectivity index (χ3v) is 7.69. The van der Waals surface area contributed by atoms with Crippen molar-refractivity contribution in [2.75, 3.05) is 6.54 Å². The molecule has 0 bridgehead atoms. The van der Waals surface area contributed by atoms with E-state index in [-0.39, 0.29) is 13.2 Å². The number of carbonyl (C=O) groups excluding carboxylic acids is 1. The van der Waals surface area contributed by atoms with E-state index >= 15 is 0 Å². The second-order valence-electron chi connectivity index (χ2n) is 11.5. The highest BCUT2D eigenvalue weighted by atomic mass is 16.6. The van der Waals surface area contributed by atoms with Gasteiger partial charge in [0.1, 0.15) is 36.1 Å². The van der Waals surface area contributed by atoms with Gasteiger partial charge in [0.2, 0.25) is 5.89 Å². The van der Waals surface area contributed by atoms with E-state index < -0.39 is 18.6 Å². The summed E-state index contributed by atoms with van der Waals surface area (Å²) < 4.78 is 23.5. The number of oxazole rings is 2. The molecule has 256 valence electrons. The molecular weight excluding hydrogens is 638 g/mol. The van der Waals surface area contributed by atoms with E-state index in [1.165, 1.54) is 0 Å². The number of aryl methyl sites for hydroxylation is 3. The molecule has 2 aromatic heterocycles. The number of benzene rings is 4. The van der Waals surface area contributed by atoms with E-state index in [9.17, 15) is 19.9 Å². The fourth-order valence-electron chi connectivity index (χ4n) is 4.77. The number of aliphatic carboxylic acids is 1. The van der Waals surface area contributed by atoms with Crippen molar-refractivity contribution in [3.63, 3.8) is 0 Å². The molecule has 50 heavy (non-hydrogen) atoms. The lowest BCUT2D eigenvalue weighted by Gasteiger charge is -2.20. The van der Waals surface area contributed by atoms with Crippen LogP contribution in [0.25, 0.3) is 22.9 Å². The normalized spacial score (nSPS) is 10.6. The van der Waals surface area contributed by atoms with Gasteiger partial charge in [-0.1, -0.05) is 66.2 Å². The maximum atomic E-state index is 12.6. The van der Waals surface area contributed by atoms with Crippen LogP contribution in [0.15, 0.2) is 118 Å². The van der Waals surface area contributed by atoms with Crippen LogP contribution in [0.3, 0.4) is 0 Å². The molecular formula is C39H38N3O8+. The molecule has 4 aromatic carbocycles. The van der Waals surface area contributed by atoms with E-state index in [0.717, 1.165) is 43.3 Å². The van der Waals surface area contributed by atoms with Crippen LogP contribution >= 0.6 is 0 Å². The predicted molar refractivity (Wildman–Crippen MR) is 184 cm³/mol. The zero-order valence-corrected chi connectivity index (χ0v) is 28.2. The summed E-state index contributed by atoms with van der Waals surface area (Å²) in [7, 11) is 0. The van der Waals surface area contributed by atoms with Crippen molar-refractivity contribution in [1.82, 2.24) is 9.88 Å². The summed E-state index contributed by atoms with van der Waals surface area (Å²) in [6.07, 6.45) is -0.739. The Morgan fingerprint density at radius 1 is 0.760 bits per heavy atom. The number of hydrogen-bond acceptors (Lipinski definition) is 8. The molecule has 0 aliphatic rings. The summed E-state index contributed by atoms with van der Waals surface area (Å²) in [5.41, 5.74) is 4.94. The Bertz CT molecular complexity index is 2020. The first-order valence-electron chi connectivity index (χ1n) is 15.8. The monoisotopic (exact) mass is 676 g/mol. The quantitative estimate of drug-likeness (QED) is 0.110. The van der Waals surface area contributed by atoms with E-state index in [0.29, 0.717) is 34.7 Å². The second kappa shape index (κ2) is 16.2. The lowest BCUT2D eigenvalue weighted by Crippen LogP contribution is -2.37. The average Bonchev–Trinajstić information content (AvgIpc) is 3.63. The van der Waals surface area contributed by atoms with Gasteiger partial charge in [0, 0.05) is 26.0 Å². The summed E-state index contributed by atoms with van der Waals surface area (Å²) in [5.74, 6) is 2.25. The topological polar surface area (TPSA) is 139 Å². The largest absolute Gasteiger partial charge is 0.487 e. The molecule has 0 fully saturated rings. The Balaban J connectivity index is 0.000000288. The number of carboxylic acid groups (broad SMARTS) is 1. The van der Waals surface area contributed by atoms with Gasteiger partial charge in [-0.15, -0.1) is 0 Å². The fraction of sp³-hybridized carbons (Fsp3) is 0.179. The first kappa shape index (κ1) is 35.0. The van der Waals surface area contributed by atoms with Gasteiger partial charge < -0.3 is 23.4 Å². The average molecular weight is 677 g/mol. The highest BCUT2D eigenvalue weighted by Crippen LogP contribution is 2.23. The van der Waals surface area contributed by atoms with Crippen molar-refractivity contribution < 1.29 is 42.9 Å². The molecule has 6 rings (SSSR count). The number of ether oxygens (including phenoxy) is 2. The summed E-state index contributed by atoms with van der Waals surface area (Å²) in [5, 5.41) is 18.9. The molecule has 0 saturated heterocycles. The molecule has 2 heterocycles. The SMILES string of the molecule is Cc1ccc(OC(=O)N(CC(=O)O)Cc2ccc(OCc3nc(-c4ccccc4)oc3C)cc2)cc1.Cc1oc(-c2ccccc2)[n+](O)c1C. The first-order valence-corrected chi connectivity index (χ1v) is 15.8. The molecule has 11 heteroatoms. The number of aromatic nitrogens is 2. The minimum absolute atomic E-state index is 0.0695. The number of amides is 1. The molecule has 0 aliphatic carbocycles. The smallest absolute Gasteiger partial charge is 0.429 e. The molecule has 0 unspecified atom stereocenters. The summed E-state index contributed by atoms with van der Waals surface area (Å²) in [6, 6.07) is 33.2. The molecule has 2 N–H and O–H groups in total. The zero-order valence-electron chi connectivity index (χ0n) is 28.2. The summed E-state index contributed by atoms with van der Waals surface area (Å²) in [4.78, 5) is 29.6. The Hall–Kier alpha value is -6.36. The van der Waals surface area contributed by atoms with Gasteiger partial charge >= 0.3 is 18.0 Å². The van der Waals surface area contributed by atoms with Crippen LogP contribution in [0, 0.1) is 27.7 Å². The Kier molecular flexibility index (Phi) is 11.3. The second-order valence-corrected chi connectivity index (χ2v) is 11.5. The predicted octanol–water partition coefficient (Wildman–Crippen LogP) is 7.71. The first-order chi connectivity index (χ1) is 24.1. The standard InChI is InChI=1S/C28H26N2O6.C11H12NO2/c1-19-8-12-24(13-9-19)36-28(33)30(17-26(31)32)16-21-10-14-23(15-11-21)34-18-25-20(2)35-27(29-25)22-6-4-3-5-7-22;1-8-9(2)14-11(12(8)13)10-6-4-3-5-7-10/h3-15H,16-18H2,1-2H3,(H,31,32);3-7,13H,1-2H3/q;+1. The van der Waals surface area contributed by atoms with Crippen LogP contribution in [-0.4, -0.2) is 38.8 Å². The van der Waals surface area contributed by atoms with Crippen molar-refractivity contribution in [2.45, 2.75) is 40.8 Å².